The van der Waals surface area contributed by atoms with Gasteiger partial charge in [0.25, 0.3) is 0 Å². The summed E-state index contributed by atoms with van der Waals surface area (Å²) in [6, 6.07) is 13.6. The molecule has 0 unspecified atom stereocenters. The second-order valence-electron chi connectivity index (χ2n) is 8.16. The van der Waals surface area contributed by atoms with Crippen molar-refractivity contribution in [1.29, 1.82) is 0 Å². The molecule has 0 aliphatic carbocycles. The van der Waals surface area contributed by atoms with E-state index in [1.165, 1.54) is 11.8 Å². The average molecular weight is 494 g/mol. The zero-order chi connectivity index (χ0) is 24.2. The number of fused-ring (bicyclic) bond motifs is 1. The predicted octanol–water partition coefficient (Wildman–Crippen LogP) is 3.82. The number of carbonyl (C=O) groups excluding carboxylic acids is 1. The Morgan fingerprint density at radius 2 is 2.11 bits per heavy atom. The number of nitrogens with zero attached hydrogens (tertiary/aromatic N) is 3. The Balaban J connectivity index is 1.50. The second kappa shape index (κ2) is 10.4. The Bertz CT molecular complexity index is 1330. The predicted molar refractivity (Wildman–Crippen MR) is 134 cm³/mol. The highest BCUT2D eigenvalue weighted by molar-refractivity contribution is 7.99. The topological polar surface area (TPSA) is 103 Å². The molecule has 0 saturated carbocycles. The number of para-hydroxylation sites is 1. The Morgan fingerprint density at radius 1 is 1.23 bits per heavy atom. The quantitative estimate of drug-likeness (QED) is 0.342. The van der Waals surface area contributed by atoms with E-state index in [1.54, 1.807) is 14.2 Å². The number of methoxy groups -OCH3 is 2. The molecule has 10 heteroatoms. The van der Waals surface area contributed by atoms with Gasteiger partial charge in [0.15, 0.2) is 11.0 Å². The Morgan fingerprint density at radius 3 is 2.91 bits per heavy atom. The Labute approximate surface area is 207 Å². The summed E-state index contributed by atoms with van der Waals surface area (Å²) in [6.45, 7) is 1.29. The van der Waals surface area contributed by atoms with Crippen molar-refractivity contribution < 1.29 is 19.0 Å². The maximum atomic E-state index is 12.6. The maximum Gasteiger partial charge on any atom is 0.230 e. The van der Waals surface area contributed by atoms with Crippen LogP contribution in [0.3, 0.4) is 0 Å². The summed E-state index contributed by atoms with van der Waals surface area (Å²) < 4.78 is 18.6. The highest BCUT2D eigenvalue weighted by Crippen LogP contribution is 2.36. The monoisotopic (exact) mass is 493 g/mol. The fourth-order valence-electron chi connectivity index (χ4n) is 4.20. The van der Waals surface area contributed by atoms with Gasteiger partial charge in [0, 0.05) is 41.9 Å². The van der Waals surface area contributed by atoms with Gasteiger partial charge in [0.1, 0.15) is 11.5 Å². The molecule has 0 bridgehead atoms. The van der Waals surface area contributed by atoms with Crippen LogP contribution in [0.15, 0.2) is 53.8 Å². The van der Waals surface area contributed by atoms with E-state index in [0.29, 0.717) is 29.0 Å². The van der Waals surface area contributed by atoms with Gasteiger partial charge in [0.2, 0.25) is 5.91 Å². The lowest BCUT2D eigenvalue weighted by Gasteiger charge is -2.15. The molecule has 182 valence electrons. The normalized spacial score (nSPS) is 15.4. The number of H-pyrrole nitrogens is 1. The summed E-state index contributed by atoms with van der Waals surface area (Å²) >= 11 is 1.32. The van der Waals surface area contributed by atoms with Crippen molar-refractivity contribution in [2.45, 2.75) is 24.1 Å². The Hall–Kier alpha value is -3.50. The number of aromatic amines is 1. The SMILES string of the molecule is COc1ccc(OC)c(-n2c(SCC(=O)NC[C@@H]3CCCO3)nnc2-c2c[nH]c3ccccc23)c1. The van der Waals surface area contributed by atoms with Crippen molar-refractivity contribution >= 4 is 28.6 Å². The van der Waals surface area contributed by atoms with Gasteiger partial charge in [-0.05, 0) is 31.0 Å². The van der Waals surface area contributed by atoms with Crippen molar-refractivity contribution in [3.05, 3.63) is 48.7 Å². The molecule has 0 spiro atoms. The lowest BCUT2D eigenvalue weighted by Crippen LogP contribution is -2.32. The summed E-state index contributed by atoms with van der Waals surface area (Å²) in [7, 11) is 3.23. The summed E-state index contributed by atoms with van der Waals surface area (Å²) in [5, 5.41) is 13.5. The minimum absolute atomic E-state index is 0.0775. The number of hydrogen-bond donors (Lipinski definition) is 2. The molecule has 1 aliphatic heterocycles. The lowest BCUT2D eigenvalue weighted by atomic mass is 10.1. The molecule has 1 amide bonds. The van der Waals surface area contributed by atoms with Gasteiger partial charge < -0.3 is 24.5 Å². The fraction of sp³-hybridized carbons (Fsp3) is 0.320. The molecule has 9 nitrogen and oxygen atoms in total. The average Bonchev–Trinajstić information content (AvgIpc) is 3.65. The van der Waals surface area contributed by atoms with Crippen LogP contribution in [0.25, 0.3) is 28.0 Å². The first kappa shape index (κ1) is 23.3. The van der Waals surface area contributed by atoms with Crippen LogP contribution in [0.4, 0.5) is 0 Å². The van der Waals surface area contributed by atoms with Crippen LogP contribution in [0, 0.1) is 0 Å². The maximum absolute atomic E-state index is 12.6. The molecular formula is C25H27N5O4S. The van der Waals surface area contributed by atoms with Gasteiger partial charge in [-0.25, -0.2) is 0 Å². The Kier molecular flexibility index (Phi) is 6.91. The standard InChI is InChI=1S/C25H27N5O4S/c1-32-16-9-10-22(33-2)21(12-16)30-24(19-14-26-20-8-4-3-7-18(19)20)28-29-25(30)35-15-23(31)27-13-17-6-5-11-34-17/h3-4,7-10,12,14,17,26H,5-6,11,13,15H2,1-2H3,(H,27,31)/t17-/m0/s1. The molecule has 2 N–H and O–H groups in total. The number of hydrogen-bond acceptors (Lipinski definition) is 7. The minimum atomic E-state index is -0.0775. The number of aromatic nitrogens is 4. The lowest BCUT2D eigenvalue weighted by molar-refractivity contribution is -0.119. The van der Waals surface area contributed by atoms with Crippen LogP contribution in [-0.2, 0) is 9.53 Å². The number of carbonyl (C=O) groups is 1. The number of amides is 1. The zero-order valence-electron chi connectivity index (χ0n) is 19.6. The molecule has 1 aliphatic rings. The molecular weight excluding hydrogens is 466 g/mol. The molecule has 1 saturated heterocycles. The summed E-state index contributed by atoms with van der Waals surface area (Å²) in [5.41, 5.74) is 2.62. The first-order chi connectivity index (χ1) is 17.2. The van der Waals surface area contributed by atoms with Gasteiger partial charge in [-0.15, -0.1) is 10.2 Å². The van der Waals surface area contributed by atoms with E-state index in [1.807, 2.05) is 53.2 Å². The van der Waals surface area contributed by atoms with Gasteiger partial charge >= 0.3 is 0 Å². The first-order valence-corrected chi connectivity index (χ1v) is 12.4. The molecule has 1 atom stereocenters. The second-order valence-corrected chi connectivity index (χ2v) is 9.10. The van der Waals surface area contributed by atoms with Crippen LogP contribution >= 0.6 is 11.8 Å². The molecule has 4 aromatic rings. The smallest absolute Gasteiger partial charge is 0.230 e. The van der Waals surface area contributed by atoms with Crippen molar-refractivity contribution in [3.63, 3.8) is 0 Å². The summed E-state index contributed by atoms with van der Waals surface area (Å²) in [4.78, 5) is 15.9. The van der Waals surface area contributed by atoms with Crippen LogP contribution < -0.4 is 14.8 Å². The van der Waals surface area contributed by atoms with E-state index in [9.17, 15) is 4.79 Å². The van der Waals surface area contributed by atoms with E-state index in [0.717, 1.165) is 41.6 Å². The van der Waals surface area contributed by atoms with Gasteiger partial charge in [-0.3, -0.25) is 9.36 Å². The van der Waals surface area contributed by atoms with Gasteiger partial charge in [-0.1, -0.05) is 30.0 Å². The fourth-order valence-corrected chi connectivity index (χ4v) is 4.97. The summed E-state index contributed by atoms with van der Waals surface area (Å²) in [6.07, 6.45) is 4.03. The zero-order valence-corrected chi connectivity index (χ0v) is 20.4. The number of ether oxygens (including phenoxy) is 3. The van der Waals surface area contributed by atoms with Crippen molar-refractivity contribution in [1.82, 2.24) is 25.1 Å². The van der Waals surface area contributed by atoms with Crippen LogP contribution in [-0.4, -0.2) is 64.9 Å². The molecule has 1 fully saturated rings. The molecule has 0 radical (unpaired) electrons. The molecule has 2 aromatic carbocycles. The molecule has 3 heterocycles. The van der Waals surface area contributed by atoms with Gasteiger partial charge in [-0.2, -0.15) is 0 Å². The molecule has 2 aromatic heterocycles. The van der Waals surface area contributed by atoms with Crippen molar-refractivity contribution in [2.75, 3.05) is 33.1 Å². The molecule has 35 heavy (non-hydrogen) atoms. The van der Waals surface area contributed by atoms with E-state index < -0.39 is 0 Å². The van der Waals surface area contributed by atoms with E-state index in [2.05, 4.69) is 20.5 Å². The minimum Gasteiger partial charge on any atom is -0.497 e. The first-order valence-electron chi connectivity index (χ1n) is 11.4. The highest BCUT2D eigenvalue weighted by atomic mass is 32.2. The third kappa shape index (κ3) is 4.85. The van der Waals surface area contributed by atoms with E-state index in [-0.39, 0.29) is 17.8 Å². The van der Waals surface area contributed by atoms with Crippen molar-refractivity contribution in [3.8, 4) is 28.6 Å². The summed E-state index contributed by atoms with van der Waals surface area (Å²) in [5.74, 6) is 2.06. The number of rotatable bonds is 9. The number of benzene rings is 2. The third-order valence-electron chi connectivity index (χ3n) is 5.97. The molecule has 5 rings (SSSR count). The van der Waals surface area contributed by atoms with Gasteiger partial charge in [0.05, 0.1) is 31.8 Å². The van der Waals surface area contributed by atoms with E-state index >= 15 is 0 Å². The third-order valence-corrected chi connectivity index (χ3v) is 6.90. The number of nitrogens with one attached hydrogen (secondary N) is 2. The highest BCUT2D eigenvalue weighted by Gasteiger charge is 2.23. The van der Waals surface area contributed by atoms with Crippen LogP contribution in [0.5, 0.6) is 11.5 Å². The number of thioether (sulfide) groups is 1. The van der Waals surface area contributed by atoms with Crippen molar-refractivity contribution in [2.24, 2.45) is 0 Å². The van der Waals surface area contributed by atoms with E-state index in [4.69, 9.17) is 14.2 Å². The van der Waals surface area contributed by atoms with Crippen LogP contribution in [0.2, 0.25) is 0 Å². The van der Waals surface area contributed by atoms with Crippen LogP contribution in [0.1, 0.15) is 12.8 Å². The largest absolute Gasteiger partial charge is 0.497 e.